The van der Waals surface area contributed by atoms with Crippen LogP contribution in [0.25, 0.3) is 0 Å². The summed E-state index contributed by atoms with van der Waals surface area (Å²) in [6.07, 6.45) is 6.83. The number of ether oxygens (including phenoxy) is 1. The second kappa shape index (κ2) is 5.37. The Balaban J connectivity index is 2.05. The fourth-order valence-electron chi connectivity index (χ4n) is 3.37. The number of hydrogen-bond donors (Lipinski definition) is 0. The molecule has 0 aliphatic heterocycles. The molecule has 0 radical (unpaired) electrons. The van der Waals surface area contributed by atoms with Crippen LogP contribution in [0.3, 0.4) is 0 Å². The van der Waals surface area contributed by atoms with Gasteiger partial charge in [0.05, 0.1) is 12.1 Å². The third-order valence-corrected chi connectivity index (χ3v) is 4.03. The summed E-state index contributed by atoms with van der Waals surface area (Å²) < 4.78 is 8.39. The lowest BCUT2D eigenvalue weighted by Crippen LogP contribution is -2.38. The third kappa shape index (κ3) is 2.24. The van der Waals surface area contributed by atoms with Crippen LogP contribution in [0.5, 0.6) is 0 Å². The summed E-state index contributed by atoms with van der Waals surface area (Å²) in [6, 6.07) is 10.8. The molecule has 4 nitrogen and oxygen atoms in total. The molecule has 1 aromatic heterocycles. The maximum atomic E-state index is 6.43. The highest BCUT2D eigenvalue weighted by molar-refractivity contribution is 5.26. The van der Waals surface area contributed by atoms with E-state index in [-0.39, 0.29) is 17.7 Å². The summed E-state index contributed by atoms with van der Waals surface area (Å²) in [5.41, 5.74) is 0.954. The Morgan fingerprint density at radius 3 is 2.75 bits per heavy atom. The second-order valence-electron chi connectivity index (χ2n) is 5.71. The zero-order valence-corrected chi connectivity index (χ0v) is 12.1. The van der Waals surface area contributed by atoms with Crippen LogP contribution in [0.2, 0.25) is 0 Å². The fourth-order valence-corrected chi connectivity index (χ4v) is 3.37. The van der Waals surface area contributed by atoms with E-state index in [0.717, 1.165) is 19.3 Å². The average Bonchev–Trinajstić information content (AvgIpc) is 3.08. The lowest BCUT2D eigenvalue weighted by molar-refractivity contribution is -0.108. The average molecular weight is 271 g/mol. The van der Waals surface area contributed by atoms with Crippen LogP contribution in [0.1, 0.15) is 44.7 Å². The summed E-state index contributed by atoms with van der Waals surface area (Å²) in [7, 11) is 0. The van der Waals surface area contributed by atoms with Gasteiger partial charge in [-0.25, -0.2) is 9.67 Å². The molecule has 0 N–H and O–H groups in total. The highest BCUT2D eigenvalue weighted by atomic mass is 16.5. The molecule has 2 atom stereocenters. The molecule has 0 spiro atoms. The van der Waals surface area contributed by atoms with Crippen molar-refractivity contribution in [1.82, 2.24) is 14.8 Å². The molecule has 3 rings (SSSR count). The lowest BCUT2D eigenvalue weighted by atomic mass is 9.88. The van der Waals surface area contributed by atoms with Crippen LogP contribution in [0.15, 0.2) is 43.0 Å². The first-order chi connectivity index (χ1) is 9.72. The van der Waals surface area contributed by atoms with E-state index in [0.29, 0.717) is 0 Å². The Hall–Kier alpha value is -1.68. The molecule has 2 aromatic rings. The van der Waals surface area contributed by atoms with Crippen molar-refractivity contribution in [3.8, 4) is 0 Å². The molecule has 20 heavy (non-hydrogen) atoms. The van der Waals surface area contributed by atoms with Gasteiger partial charge in [0.2, 0.25) is 0 Å². The quantitative estimate of drug-likeness (QED) is 0.856. The molecule has 1 aliphatic rings. The van der Waals surface area contributed by atoms with E-state index in [1.165, 1.54) is 5.56 Å². The van der Waals surface area contributed by atoms with Crippen molar-refractivity contribution in [2.45, 2.75) is 50.9 Å². The largest absolute Gasteiger partial charge is 0.365 e. The van der Waals surface area contributed by atoms with Gasteiger partial charge in [0.1, 0.15) is 18.3 Å². The second-order valence-corrected chi connectivity index (χ2v) is 5.71. The molecule has 1 heterocycles. The summed E-state index contributed by atoms with van der Waals surface area (Å²) in [4.78, 5) is 4.10. The molecule has 106 valence electrons. The Morgan fingerprint density at radius 2 is 2.10 bits per heavy atom. The van der Waals surface area contributed by atoms with Crippen LogP contribution >= 0.6 is 0 Å². The summed E-state index contributed by atoms with van der Waals surface area (Å²) in [6.45, 7) is 4.20. The fraction of sp³-hybridized carbons (Fsp3) is 0.500. The van der Waals surface area contributed by atoms with E-state index in [4.69, 9.17) is 4.74 Å². The maximum Gasteiger partial charge on any atom is 0.137 e. The van der Waals surface area contributed by atoms with E-state index >= 15 is 0 Å². The van der Waals surface area contributed by atoms with Gasteiger partial charge in [0.25, 0.3) is 0 Å². The Bertz CT molecular complexity index is 538. The lowest BCUT2D eigenvalue weighted by Gasteiger charge is -2.37. The van der Waals surface area contributed by atoms with Crippen molar-refractivity contribution >= 4 is 0 Å². The molecule has 2 unspecified atom stereocenters. The molecular weight excluding hydrogens is 250 g/mol. The van der Waals surface area contributed by atoms with Crippen molar-refractivity contribution < 1.29 is 4.74 Å². The first-order valence-corrected chi connectivity index (χ1v) is 7.30. The number of rotatable bonds is 4. The molecule has 0 saturated heterocycles. The van der Waals surface area contributed by atoms with Crippen molar-refractivity contribution in [3.05, 3.63) is 48.5 Å². The highest BCUT2D eigenvalue weighted by Crippen LogP contribution is 2.49. The van der Waals surface area contributed by atoms with E-state index in [2.05, 4.69) is 48.2 Å². The number of benzene rings is 1. The first-order valence-electron chi connectivity index (χ1n) is 7.30. The minimum Gasteiger partial charge on any atom is -0.365 e. The van der Waals surface area contributed by atoms with Gasteiger partial charge in [-0.3, -0.25) is 0 Å². The monoisotopic (exact) mass is 271 g/mol. The van der Waals surface area contributed by atoms with Crippen molar-refractivity contribution in [2.24, 2.45) is 0 Å². The number of aromatic nitrogens is 3. The van der Waals surface area contributed by atoms with Gasteiger partial charge in [0.15, 0.2) is 0 Å². The predicted octanol–water partition coefficient (Wildman–Crippen LogP) is 3.32. The molecule has 1 aromatic carbocycles. The van der Waals surface area contributed by atoms with Gasteiger partial charge in [-0.05, 0) is 38.7 Å². The zero-order chi connectivity index (χ0) is 14.0. The maximum absolute atomic E-state index is 6.43. The standard InChI is InChI=1S/C16H21N3O/c1-13(2)20-16(14-7-4-3-5-8-14)10-6-9-15(16)19-12-17-11-18-19/h3-5,7-8,11-13,15H,6,9-10H2,1-2H3. The van der Waals surface area contributed by atoms with Crippen molar-refractivity contribution in [1.29, 1.82) is 0 Å². The Morgan fingerprint density at radius 1 is 1.30 bits per heavy atom. The molecule has 1 aliphatic carbocycles. The van der Waals surface area contributed by atoms with E-state index in [1.54, 1.807) is 12.7 Å². The van der Waals surface area contributed by atoms with Crippen LogP contribution in [-0.4, -0.2) is 20.9 Å². The minimum absolute atomic E-state index is 0.180. The van der Waals surface area contributed by atoms with Gasteiger partial charge in [-0.15, -0.1) is 0 Å². The SMILES string of the molecule is CC(C)OC1(c2ccccc2)CCCC1n1cncn1. The van der Waals surface area contributed by atoms with Gasteiger partial charge in [0, 0.05) is 0 Å². The third-order valence-electron chi connectivity index (χ3n) is 4.03. The number of hydrogen-bond acceptors (Lipinski definition) is 3. The molecular formula is C16H21N3O. The first kappa shape index (κ1) is 13.3. The van der Waals surface area contributed by atoms with E-state index in [9.17, 15) is 0 Å². The van der Waals surface area contributed by atoms with Crippen LogP contribution in [-0.2, 0) is 10.3 Å². The van der Waals surface area contributed by atoms with Crippen molar-refractivity contribution in [2.75, 3.05) is 0 Å². The highest BCUT2D eigenvalue weighted by Gasteiger charge is 2.47. The normalized spacial score (nSPS) is 26.2. The topological polar surface area (TPSA) is 39.9 Å². The number of nitrogens with zero attached hydrogens (tertiary/aromatic N) is 3. The molecule has 4 heteroatoms. The molecule has 1 saturated carbocycles. The van der Waals surface area contributed by atoms with Gasteiger partial charge < -0.3 is 4.74 Å². The zero-order valence-electron chi connectivity index (χ0n) is 12.1. The Labute approximate surface area is 119 Å². The van der Waals surface area contributed by atoms with E-state index < -0.39 is 0 Å². The predicted molar refractivity (Wildman–Crippen MR) is 77.3 cm³/mol. The van der Waals surface area contributed by atoms with Gasteiger partial charge >= 0.3 is 0 Å². The van der Waals surface area contributed by atoms with Crippen LogP contribution in [0, 0.1) is 0 Å². The van der Waals surface area contributed by atoms with E-state index in [1.807, 2.05) is 10.7 Å². The van der Waals surface area contributed by atoms with Crippen molar-refractivity contribution in [3.63, 3.8) is 0 Å². The molecule has 1 fully saturated rings. The van der Waals surface area contributed by atoms with Gasteiger partial charge in [-0.2, -0.15) is 5.10 Å². The van der Waals surface area contributed by atoms with Crippen LogP contribution < -0.4 is 0 Å². The van der Waals surface area contributed by atoms with Gasteiger partial charge in [-0.1, -0.05) is 30.3 Å². The Kier molecular flexibility index (Phi) is 3.57. The smallest absolute Gasteiger partial charge is 0.137 e. The summed E-state index contributed by atoms with van der Waals surface area (Å²) in [5, 5.41) is 4.35. The van der Waals surface area contributed by atoms with Crippen LogP contribution in [0.4, 0.5) is 0 Å². The molecule has 0 amide bonds. The summed E-state index contributed by atoms with van der Waals surface area (Å²) in [5.74, 6) is 0. The molecule has 0 bridgehead atoms. The summed E-state index contributed by atoms with van der Waals surface area (Å²) >= 11 is 0. The minimum atomic E-state index is -0.289.